The van der Waals surface area contributed by atoms with Crippen molar-refractivity contribution in [1.82, 2.24) is 0 Å². The number of hydrogen-bond acceptors (Lipinski definition) is 3. The van der Waals surface area contributed by atoms with Crippen molar-refractivity contribution >= 4 is 18.6 Å². The first kappa shape index (κ1) is 7.78. The Kier molecular flexibility index (Phi) is 2.86. The van der Waals surface area contributed by atoms with Crippen LogP contribution in [0.5, 0.6) is 0 Å². The summed E-state index contributed by atoms with van der Waals surface area (Å²) in [6.07, 6.45) is 0. The zero-order chi connectivity index (χ0) is 6.73. The van der Waals surface area contributed by atoms with E-state index in [0.29, 0.717) is 0 Å². The van der Waals surface area contributed by atoms with Gasteiger partial charge in [-0.25, -0.2) is 0 Å². The predicted molar refractivity (Wildman–Crippen MR) is 33.8 cm³/mol. The predicted octanol–water partition coefficient (Wildman–Crippen LogP) is -0.0783. The number of rotatable bonds is 2. The molecule has 0 spiro atoms. The van der Waals surface area contributed by atoms with Gasteiger partial charge in [-0.05, 0) is 6.92 Å². The smallest absolute Gasteiger partial charge is 0.308 e. The van der Waals surface area contributed by atoms with Crippen LogP contribution in [-0.4, -0.2) is 16.4 Å². The van der Waals surface area contributed by atoms with Crippen molar-refractivity contribution < 1.29 is 9.90 Å². The molecule has 2 atom stereocenters. The Morgan fingerprint density at radius 2 is 2.25 bits per heavy atom. The van der Waals surface area contributed by atoms with E-state index < -0.39 is 17.3 Å². The first-order chi connectivity index (χ1) is 3.55. The molecule has 48 valence electrons. The molecule has 0 saturated heterocycles. The Labute approximate surface area is 53.3 Å². The van der Waals surface area contributed by atoms with Crippen LogP contribution in [-0.2, 0) is 4.79 Å². The fraction of sp³-hybridized carbons (Fsp3) is 0.750. The van der Waals surface area contributed by atoms with E-state index in [1.165, 1.54) is 6.92 Å². The number of thiol groups is 1. The summed E-state index contributed by atoms with van der Waals surface area (Å²) >= 11 is 3.73. The molecule has 0 rings (SSSR count). The minimum Gasteiger partial charge on any atom is -0.481 e. The molecule has 2 unspecified atom stereocenters. The Morgan fingerprint density at radius 1 is 1.88 bits per heavy atom. The molecule has 0 radical (unpaired) electrons. The van der Waals surface area contributed by atoms with Gasteiger partial charge in [-0.15, -0.1) is 0 Å². The van der Waals surface area contributed by atoms with Gasteiger partial charge in [0.15, 0.2) is 0 Å². The highest BCUT2D eigenvalue weighted by molar-refractivity contribution is 7.80. The molecule has 3 nitrogen and oxygen atoms in total. The lowest BCUT2D eigenvalue weighted by atomic mass is 10.2. The highest BCUT2D eigenvalue weighted by Crippen LogP contribution is 2.02. The lowest BCUT2D eigenvalue weighted by molar-refractivity contribution is -0.141. The fourth-order valence-electron chi connectivity index (χ4n) is 0.146. The van der Waals surface area contributed by atoms with Crippen molar-refractivity contribution in [3.63, 3.8) is 0 Å². The van der Waals surface area contributed by atoms with Crippen LogP contribution in [0.4, 0.5) is 0 Å². The number of carboxylic acids is 1. The van der Waals surface area contributed by atoms with Gasteiger partial charge in [-0.1, -0.05) is 0 Å². The number of aliphatic carboxylic acids is 1. The lowest BCUT2D eigenvalue weighted by Crippen LogP contribution is -2.28. The third-order valence-corrected chi connectivity index (χ3v) is 1.35. The summed E-state index contributed by atoms with van der Waals surface area (Å²) in [7, 11) is 0. The van der Waals surface area contributed by atoms with E-state index in [9.17, 15) is 4.79 Å². The van der Waals surface area contributed by atoms with Gasteiger partial charge in [0, 0.05) is 0 Å². The summed E-state index contributed by atoms with van der Waals surface area (Å²) < 4.78 is 0. The summed E-state index contributed by atoms with van der Waals surface area (Å²) in [4.78, 5) is 10.0. The standard InChI is InChI=1S/C4H9NO2S/c1-2(3(5)8)4(6)7/h2-3,8H,5H2,1H3,(H,6,7). The zero-order valence-electron chi connectivity index (χ0n) is 4.53. The molecular formula is C4H9NO2S. The van der Waals surface area contributed by atoms with Crippen molar-refractivity contribution in [3.8, 4) is 0 Å². The van der Waals surface area contributed by atoms with E-state index in [0.717, 1.165) is 0 Å². The molecule has 0 aliphatic heterocycles. The van der Waals surface area contributed by atoms with Crippen molar-refractivity contribution in [2.45, 2.75) is 12.3 Å². The van der Waals surface area contributed by atoms with Crippen LogP contribution in [0.2, 0.25) is 0 Å². The van der Waals surface area contributed by atoms with Gasteiger partial charge in [0.05, 0.1) is 11.3 Å². The maximum atomic E-state index is 10.0. The molecule has 0 saturated carbocycles. The van der Waals surface area contributed by atoms with E-state index in [1.807, 2.05) is 0 Å². The second kappa shape index (κ2) is 2.94. The zero-order valence-corrected chi connectivity index (χ0v) is 5.43. The van der Waals surface area contributed by atoms with Crippen LogP contribution in [0.15, 0.2) is 0 Å². The van der Waals surface area contributed by atoms with Crippen LogP contribution in [0.1, 0.15) is 6.92 Å². The lowest BCUT2D eigenvalue weighted by Gasteiger charge is -2.07. The molecule has 0 aliphatic rings. The third-order valence-electron chi connectivity index (χ3n) is 0.902. The minimum atomic E-state index is -0.910. The van der Waals surface area contributed by atoms with Crippen LogP contribution < -0.4 is 5.73 Å². The largest absolute Gasteiger partial charge is 0.481 e. The topological polar surface area (TPSA) is 63.3 Å². The van der Waals surface area contributed by atoms with Gasteiger partial charge >= 0.3 is 5.97 Å². The summed E-state index contributed by atoms with van der Waals surface area (Å²) in [5.41, 5.74) is 5.12. The SMILES string of the molecule is CC(C(=O)O)C(N)S. The fourth-order valence-corrected chi connectivity index (χ4v) is 0.274. The second-order valence-electron chi connectivity index (χ2n) is 1.62. The first-order valence-corrected chi connectivity index (χ1v) is 2.74. The molecule has 8 heavy (non-hydrogen) atoms. The number of hydrogen-bond donors (Lipinski definition) is 3. The minimum absolute atomic E-state index is 0.563. The van der Waals surface area contributed by atoms with E-state index in [1.54, 1.807) is 0 Å². The Hall–Kier alpha value is -0.220. The second-order valence-corrected chi connectivity index (χ2v) is 2.21. The molecule has 0 bridgehead atoms. The summed E-state index contributed by atoms with van der Waals surface area (Å²) in [5.74, 6) is -1.48. The van der Waals surface area contributed by atoms with Gasteiger partial charge in [0.1, 0.15) is 0 Å². The Balaban J connectivity index is 3.64. The van der Waals surface area contributed by atoms with Gasteiger partial charge < -0.3 is 10.8 Å². The van der Waals surface area contributed by atoms with Crippen LogP contribution in [0.25, 0.3) is 0 Å². The molecule has 0 aromatic rings. The first-order valence-electron chi connectivity index (χ1n) is 2.22. The quantitative estimate of drug-likeness (QED) is 0.366. The summed E-state index contributed by atoms with van der Waals surface area (Å²) in [5, 5.41) is 7.66. The van der Waals surface area contributed by atoms with Crippen LogP contribution >= 0.6 is 12.6 Å². The molecule has 0 aromatic heterocycles. The van der Waals surface area contributed by atoms with Gasteiger partial charge in [-0.3, -0.25) is 4.79 Å². The molecular weight excluding hydrogens is 126 g/mol. The molecule has 0 heterocycles. The van der Waals surface area contributed by atoms with E-state index >= 15 is 0 Å². The van der Waals surface area contributed by atoms with E-state index in [2.05, 4.69) is 12.6 Å². The maximum absolute atomic E-state index is 10.0. The van der Waals surface area contributed by atoms with Crippen molar-refractivity contribution in [1.29, 1.82) is 0 Å². The Morgan fingerprint density at radius 3 is 2.25 bits per heavy atom. The van der Waals surface area contributed by atoms with Crippen molar-refractivity contribution in [2.75, 3.05) is 0 Å². The van der Waals surface area contributed by atoms with Crippen molar-refractivity contribution in [2.24, 2.45) is 11.7 Å². The van der Waals surface area contributed by atoms with E-state index in [4.69, 9.17) is 10.8 Å². The molecule has 0 amide bonds. The van der Waals surface area contributed by atoms with Gasteiger partial charge in [-0.2, -0.15) is 12.6 Å². The van der Waals surface area contributed by atoms with Crippen molar-refractivity contribution in [3.05, 3.63) is 0 Å². The highest BCUT2D eigenvalue weighted by atomic mass is 32.1. The molecule has 3 N–H and O–H groups in total. The van der Waals surface area contributed by atoms with Crippen LogP contribution in [0.3, 0.4) is 0 Å². The maximum Gasteiger partial charge on any atom is 0.308 e. The molecule has 0 aliphatic carbocycles. The average Bonchev–Trinajstić information content (AvgIpc) is 1.64. The molecule has 0 fully saturated rings. The highest BCUT2D eigenvalue weighted by Gasteiger charge is 2.15. The average molecular weight is 135 g/mol. The normalized spacial score (nSPS) is 17.4. The van der Waals surface area contributed by atoms with E-state index in [-0.39, 0.29) is 0 Å². The monoisotopic (exact) mass is 135 g/mol. The number of nitrogens with two attached hydrogens (primary N) is 1. The number of carbonyl (C=O) groups is 1. The third kappa shape index (κ3) is 2.18. The molecule has 0 aromatic carbocycles. The molecule has 4 heteroatoms. The van der Waals surface area contributed by atoms with Gasteiger partial charge in [0.2, 0.25) is 0 Å². The van der Waals surface area contributed by atoms with Crippen LogP contribution in [0, 0.1) is 5.92 Å². The summed E-state index contributed by atoms with van der Waals surface area (Å²) in [6, 6.07) is 0. The Bertz CT molecular complexity index is 94.0. The van der Waals surface area contributed by atoms with Gasteiger partial charge in [0.25, 0.3) is 0 Å². The summed E-state index contributed by atoms with van der Waals surface area (Å²) in [6.45, 7) is 1.51. The number of carboxylic acid groups (broad SMARTS) is 1.